The second-order valence-corrected chi connectivity index (χ2v) is 6.25. The van der Waals surface area contributed by atoms with Crippen molar-refractivity contribution in [3.8, 4) is 17.2 Å². The fraction of sp³-hybridized carbons (Fsp3) is 0.211. The van der Waals surface area contributed by atoms with Crippen molar-refractivity contribution in [1.82, 2.24) is 15.1 Å². The largest absolute Gasteiger partial charge is 0.508 e. The molecule has 1 aliphatic rings. The summed E-state index contributed by atoms with van der Waals surface area (Å²) in [5, 5.41) is 20.1. The van der Waals surface area contributed by atoms with Gasteiger partial charge in [-0.15, -0.1) is 10.2 Å². The number of carbonyl (C=O) groups is 1. The Kier molecular flexibility index (Phi) is 4.61. The normalized spacial score (nSPS) is 14.2. The minimum absolute atomic E-state index is 0.145. The minimum atomic E-state index is -0.145. The maximum absolute atomic E-state index is 12.6. The first-order valence-corrected chi connectivity index (χ1v) is 8.65. The van der Waals surface area contributed by atoms with Crippen LogP contribution in [0.2, 0.25) is 0 Å². The van der Waals surface area contributed by atoms with E-state index in [2.05, 4.69) is 20.4 Å². The van der Waals surface area contributed by atoms with E-state index in [1.165, 1.54) is 6.39 Å². The van der Waals surface area contributed by atoms with Gasteiger partial charge in [0.25, 0.3) is 0 Å². The molecule has 0 bridgehead atoms. The number of phenols is 1. The molecule has 0 spiro atoms. The van der Waals surface area contributed by atoms with Gasteiger partial charge in [-0.3, -0.25) is 0 Å². The van der Waals surface area contributed by atoms with E-state index in [0.29, 0.717) is 37.8 Å². The van der Waals surface area contributed by atoms with E-state index in [0.717, 1.165) is 11.3 Å². The summed E-state index contributed by atoms with van der Waals surface area (Å²) in [5.41, 5.74) is 2.38. The number of hydrogen-bond donors (Lipinski definition) is 2. The summed E-state index contributed by atoms with van der Waals surface area (Å²) in [6.07, 6.45) is 1.27. The fourth-order valence-electron chi connectivity index (χ4n) is 3.09. The predicted octanol–water partition coefficient (Wildman–Crippen LogP) is 2.80. The maximum atomic E-state index is 12.6. The number of nitrogens with zero attached hydrogens (tertiary/aromatic N) is 4. The van der Waals surface area contributed by atoms with Crippen LogP contribution in [0.25, 0.3) is 11.5 Å². The van der Waals surface area contributed by atoms with Gasteiger partial charge in [-0.2, -0.15) is 0 Å². The molecule has 2 aromatic carbocycles. The molecule has 4 rings (SSSR count). The van der Waals surface area contributed by atoms with Crippen molar-refractivity contribution < 1.29 is 14.3 Å². The lowest BCUT2D eigenvalue weighted by molar-refractivity contribution is 0.208. The molecule has 2 N–H and O–H groups in total. The van der Waals surface area contributed by atoms with Gasteiger partial charge in [-0.1, -0.05) is 12.1 Å². The van der Waals surface area contributed by atoms with E-state index in [-0.39, 0.29) is 11.8 Å². The third-order valence-electron chi connectivity index (χ3n) is 4.48. The lowest BCUT2D eigenvalue weighted by Gasteiger charge is -2.36. The molecule has 1 aliphatic heterocycles. The predicted molar refractivity (Wildman–Crippen MR) is 101 cm³/mol. The number of aromatic nitrogens is 2. The highest BCUT2D eigenvalue weighted by molar-refractivity contribution is 5.90. The van der Waals surface area contributed by atoms with Crippen LogP contribution in [-0.2, 0) is 0 Å². The molecule has 2 amide bonds. The van der Waals surface area contributed by atoms with Crippen molar-refractivity contribution in [3.63, 3.8) is 0 Å². The SMILES string of the molecule is O=C(Nc1cccc(-c2nnco2)c1)N1CCN(c2cccc(O)c2)CC1. The maximum Gasteiger partial charge on any atom is 0.321 e. The fourth-order valence-corrected chi connectivity index (χ4v) is 3.09. The smallest absolute Gasteiger partial charge is 0.321 e. The molecule has 0 atom stereocenters. The average molecular weight is 365 g/mol. The number of amides is 2. The third-order valence-corrected chi connectivity index (χ3v) is 4.48. The van der Waals surface area contributed by atoms with Crippen LogP contribution >= 0.6 is 0 Å². The van der Waals surface area contributed by atoms with E-state index in [4.69, 9.17) is 4.42 Å². The molecule has 0 radical (unpaired) electrons. The summed E-state index contributed by atoms with van der Waals surface area (Å²) < 4.78 is 5.19. The molecule has 1 saturated heterocycles. The molecule has 0 unspecified atom stereocenters. The number of phenolic OH excluding ortho intramolecular Hbond substituents is 1. The zero-order chi connectivity index (χ0) is 18.6. The first-order chi connectivity index (χ1) is 13.2. The zero-order valence-corrected chi connectivity index (χ0v) is 14.6. The number of anilines is 2. The molecular formula is C19H19N5O3. The van der Waals surface area contributed by atoms with E-state index in [9.17, 15) is 9.90 Å². The standard InChI is InChI=1S/C19H19N5O3/c25-17-6-2-5-16(12-17)23-7-9-24(10-8-23)19(26)21-15-4-1-3-14(11-15)18-22-20-13-27-18/h1-6,11-13,25H,7-10H2,(H,21,26). The van der Waals surface area contributed by atoms with Gasteiger partial charge in [-0.05, 0) is 30.3 Å². The molecule has 0 aliphatic carbocycles. The number of hydrogen-bond acceptors (Lipinski definition) is 6. The third kappa shape index (κ3) is 3.84. The van der Waals surface area contributed by atoms with Gasteiger partial charge >= 0.3 is 6.03 Å². The summed E-state index contributed by atoms with van der Waals surface area (Å²) in [6, 6.07) is 14.3. The molecule has 1 aromatic heterocycles. The van der Waals surface area contributed by atoms with Gasteiger partial charge in [0, 0.05) is 49.2 Å². The topological polar surface area (TPSA) is 94.7 Å². The first-order valence-electron chi connectivity index (χ1n) is 8.65. The number of aromatic hydroxyl groups is 1. The Hall–Kier alpha value is -3.55. The molecule has 138 valence electrons. The zero-order valence-electron chi connectivity index (χ0n) is 14.6. The molecule has 0 saturated carbocycles. The van der Waals surface area contributed by atoms with Crippen LogP contribution in [0.3, 0.4) is 0 Å². The Morgan fingerprint density at radius 1 is 1.07 bits per heavy atom. The van der Waals surface area contributed by atoms with Crippen LogP contribution in [0.4, 0.5) is 16.2 Å². The summed E-state index contributed by atoms with van der Waals surface area (Å²) in [4.78, 5) is 16.5. The lowest BCUT2D eigenvalue weighted by atomic mass is 10.2. The Bertz CT molecular complexity index is 921. The van der Waals surface area contributed by atoms with Crippen molar-refractivity contribution >= 4 is 17.4 Å². The highest BCUT2D eigenvalue weighted by Crippen LogP contribution is 2.23. The molecular weight excluding hydrogens is 346 g/mol. The van der Waals surface area contributed by atoms with Crippen LogP contribution < -0.4 is 10.2 Å². The first kappa shape index (κ1) is 16.9. The Morgan fingerprint density at radius 3 is 2.63 bits per heavy atom. The minimum Gasteiger partial charge on any atom is -0.508 e. The van der Waals surface area contributed by atoms with E-state index in [1.54, 1.807) is 23.1 Å². The van der Waals surface area contributed by atoms with Gasteiger partial charge in [0.1, 0.15) is 5.75 Å². The van der Waals surface area contributed by atoms with Gasteiger partial charge in [0.05, 0.1) is 0 Å². The molecule has 27 heavy (non-hydrogen) atoms. The second kappa shape index (κ2) is 7.36. The van der Waals surface area contributed by atoms with Crippen molar-refractivity contribution in [1.29, 1.82) is 0 Å². The summed E-state index contributed by atoms with van der Waals surface area (Å²) in [5.74, 6) is 0.652. The van der Waals surface area contributed by atoms with Crippen LogP contribution in [0, 0.1) is 0 Å². The highest BCUT2D eigenvalue weighted by Gasteiger charge is 2.21. The van der Waals surface area contributed by atoms with Crippen molar-refractivity contribution in [2.45, 2.75) is 0 Å². The highest BCUT2D eigenvalue weighted by atomic mass is 16.4. The van der Waals surface area contributed by atoms with Crippen molar-refractivity contribution in [2.75, 3.05) is 36.4 Å². The number of benzene rings is 2. The second-order valence-electron chi connectivity index (χ2n) is 6.25. The summed E-state index contributed by atoms with van der Waals surface area (Å²) in [7, 11) is 0. The molecule has 1 fully saturated rings. The van der Waals surface area contributed by atoms with Gasteiger partial charge < -0.3 is 24.6 Å². The van der Waals surface area contributed by atoms with Crippen LogP contribution in [0.5, 0.6) is 5.75 Å². The summed E-state index contributed by atoms with van der Waals surface area (Å²) in [6.45, 7) is 2.62. The van der Waals surface area contributed by atoms with Gasteiger partial charge in [-0.25, -0.2) is 4.79 Å². The van der Waals surface area contributed by atoms with Gasteiger partial charge in [0.2, 0.25) is 12.3 Å². The summed E-state index contributed by atoms with van der Waals surface area (Å²) >= 11 is 0. The Labute approximate surface area is 156 Å². The van der Waals surface area contributed by atoms with Crippen LogP contribution in [0.1, 0.15) is 0 Å². The molecule has 8 heteroatoms. The van der Waals surface area contributed by atoms with Gasteiger partial charge in [0.15, 0.2) is 0 Å². The van der Waals surface area contributed by atoms with Crippen LogP contribution in [0.15, 0.2) is 59.3 Å². The average Bonchev–Trinajstić information content (AvgIpc) is 3.23. The van der Waals surface area contributed by atoms with E-state index >= 15 is 0 Å². The molecule has 8 nitrogen and oxygen atoms in total. The van der Waals surface area contributed by atoms with Crippen LogP contribution in [-0.4, -0.2) is 52.4 Å². The quantitative estimate of drug-likeness (QED) is 0.741. The lowest BCUT2D eigenvalue weighted by Crippen LogP contribution is -2.50. The number of carbonyl (C=O) groups excluding carboxylic acids is 1. The number of rotatable bonds is 3. The van der Waals surface area contributed by atoms with E-state index in [1.807, 2.05) is 30.3 Å². The molecule has 2 heterocycles. The van der Waals surface area contributed by atoms with Crippen molar-refractivity contribution in [3.05, 3.63) is 54.9 Å². The Balaban J connectivity index is 1.37. The Morgan fingerprint density at radius 2 is 1.89 bits per heavy atom. The monoisotopic (exact) mass is 365 g/mol. The number of urea groups is 1. The molecule has 3 aromatic rings. The van der Waals surface area contributed by atoms with Crippen molar-refractivity contribution in [2.24, 2.45) is 0 Å². The number of piperazine rings is 1. The number of nitrogens with one attached hydrogen (secondary N) is 1. The van der Waals surface area contributed by atoms with E-state index < -0.39 is 0 Å².